The van der Waals surface area contributed by atoms with Crippen LogP contribution in [-0.4, -0.2) is 23.5 Å². The minimum absolute atomic E-state index is 0.786. The highest BCUT2D eigenvalue weighted by molar-refractivity contribution is 5.03. The first kappa shape index (κ1) is 14.9. The number of hydrogen-bond acceptors (Lipinski definition) is 1. The minimum atomic E-state index is 0.786. The Balaban J connectivity index is 1.59. The third-order valence-electron chi connectivity index (χ3n) is 4.83. The van der Waals surface area contributed by atoms with E-state index < -0.39 is 0 Å². The first-order valence-corrected chi connectivity index (χ1v) is 8.63. The monoisotopic (exact) mass is 261 g/mol. The summed E-state index contributed by atoms with van der Waals surface area (Å²) in [5.41, 5.74) is 0. The molecule has 2 saturated heterocycles. The third kappa shape index (κ3) is 4.84. The van der Waals surface area contributed by atoms with Crippen LogP contribution in [0.2, 0.25) is 0 Å². The van der Waals surface area contributed by atoms with Crippen LogP contribution in [0.5, 0.6) is 0 Å². The summed E-state index contributed by atoms with van der Waals surface area (Å²) in [6, 6.07) is 1.70. The zero-order chi connectivity index (χ0) is 13.3. The Hall–Kier alpha value is -0.480. The molecule has 0 N–H and O–H groups in total. The van der Waals surface area contributed by atoms with Gasteiger partial charge in [-0.15, -0.1) is 11.8 Å². The highest BCUT2D eigenvalue weighted by Gasteiger charge is 2.32. The van der Waals surface area contributed by atoms with E-state index in [4.69, 9.17) is 0 Å². The second-order valence-electron chi connectivity index (χ2n) is 6.34. The number of piperidine rings is 1. The molecule has 0 aromatic rings. The van der Waals surface area contributed by atoms with Gasteiger partial charge in [-0.05, 0) is 38.6 Å². The van der Waals surface area contributed by atoms with Crippen LogP contribution in [0.1, 0.15) is 84.0 Å². The molecule has 1 heteroatoms. The summed E-state index contributed by atoms with van der Waals surface area (Å²) < 4.78 is 0. The Labute approximate surface area is 120 Å². The van der Waals surface area contributed by atoms with E-state index in [0.717, 1.165) is 24.9 Å². The van der Waals surface area contributed by atoms with Crippen molar-refractivity contribution < 1.29 is 0 Å². The molecular weight excluding hydrogens is 230 g/mol. The van der Waals surface area contributed by atoms with Gasteiger partial charge in [0.2, 0.25) is 0 Å². The molecule has 2 fully saturated rings. The zero-order valence-corrected chi connectivity index (χ0v) is 12.8. The van der Waals surface area contributed by atoms with E-state index in [-0.39, 0.29) is 0 Å². The van der Waals surface area contributed by atoms with Crippen LogP contribution in [0.4, 0.5) is 0 Å². The van der Waals surface area contributed by atoms with Crippen molar-refractivity contribution >= 4 is 0 Å². The molecule has 0 bridgehead atoms. The molecule has 2 aliphatic rings. The zero-order valence-electron chi connectivity index (χ0n) is 12.8. The molecule has 108 valence electrons. The van der Waals surface area contributed by atoms with Crippen molar-refractivity contribution in [1.29, 1.82) is 0 Å². The molecule has 2 rings (SSSR count). The highest BCUT2D eigenvalue weighted by Crippen LogP contribution is 2.31. The van der Waals surface area contributed by atoms with Crippen LogP contribution in [0.15, 0.2) is 0 Å². The van der Waals surface area contributed by atoms with E-state index in [1.807, 2.05) is 0 Å². The fourth-order valence-corrected chi connectivity index (χ4v) is 3.72. The first-order chi connectivity index (χ1) is 9.42. The summed E-state index contributed by atoms with van der Waals surface area (Å²) in [7, 11) is 0. The predicted molar refractivity (Wildman–Crippen MR) is 83.1 cm³/mol. The van der Waals surface area contributed by atoms with Crippen molar-refractivity contribution in [2.24, 2.45) is 0 Å². The normalized spacial score (nSPS) is 26.8. The van der Waals surface area contributed by atoms with Crippen molar-refractivity contribution in [3.63, 3.8) is 0 Å². The smallest absolute Gasteiger partial charge is 0.0245 e. The molecule has 0 aliphatic carbocycles. The summed E-state index contributed by atoms with van der Waals surface area (Å²) in [5.74, 6) is 6.88. The van der Waals surface area contributed by atoms with E-state index in [0.29, 0.717) is 0 Å². The lowest BCUT2D eigenvalue weighted by Crippen LogP contribution is -2.42. The second kappa shape index (κ2) is 8.64. The van der Waals surface area contributed by atoms with E-state index >= 15 is 0 Å². The summed E-state index contributed by atoms with van der Waals surface area (Å²) in [6.45, 7) is 3.61. The molecule has 1 nitrogen and oxygen atoms in total. The maximum atomic E-state index is 3.47. The van der Waals surface area contributed by atoms with Crippen molar-refractivity contribution in [2.75, 3.05) is 6.54 Å². The topological polar surface area (TPSA) is 3.24 Å². The molecule has 0 amide bonds. The Morgan fingerprint density at radius 2 is 1.79 bits per heavy atom. The van der Waals surface area contributed by atoms with Gasteiger partial charge < -0.3 is 0 Å². The Morgan fingerprint density at radius 1 is 0.947 bits per heavy atom. The quantitative estimate of drug-likeness (QED) is 0.492. The molecular formula is C18H31N. The molecule has 19 heavy (non-hydrogen) atoms. The molecule has 0 unspecified atom stereocenters. The van der Waals surface area contributed by atoms with E-state index in [1.54, 1.807) is 0 Å². The summed E-state index contributed by atoms with van der Waals surface area (Å²) in [4.78, 5) is 2.76. The van der Waals surface area contributed by atoms with Gasteiger partial charge >= 0.3 is 0 Å². The van der Waals surface area contributed by atoms with Gasteiger partial charge in [0, 0.05) is 24.9 Å². The van der Waals surface area contributed by atoms with Gasteiger partial charge in [0.1, 0.15) is 0 Å². The van der Waals surface area contributed by atoms with Crippen molar-refractivity contribution in [3.05, 3.63) is 0 Å². The fourth-order valence-electron chi connectivity index (χ4n) is 3.72. The van der Waals surface area contributed by atoms with Crippen LogP contribution >= 0.6 is 0 Å². The molecule has 2 atom stereocenters. The minimum Gasteiger partial charge on any atom is -0.296 e. The lowest BCUT2D eigenvalue weighted by Gasteiger charge is -2.36. The molecule has 0 aromatic carbocycles. The number of nitrogens with zero attached hydrogens (tertiary/aromatic N) is 1. The fraction of sp³-hybridized carbons (Fsp3) is 0.889. The molecule has 0 spiro atoms. The van der Waals surface area contributed by atoms with Gasteiger partial charge in [0.15, 0.2) is 0 Å². The Kier molecular flexibility index (Phi) is 6.79. The van der Waals surface area contributed by atoms with Gasteiger partial charge in [-0.2, -0.15) is 0 Å². The van der Waals surface area contributed by atoms with Gasteiger partial charge in [0.05, 0.1) is 0 Å². The number of unbranched alkanes of at least 4 members (excludes halogenated alkanes) is 5. The van der Waals surface area contributed by atoms with Crippen LogP contribution in [-0.2, 0) is 0 Å². The number of fused-ring (bicyclic) bond motifs is 1. The maximum Gasteiger partial charge on any atom is 0.0245 e. The van der Waals surface area contributed by atoms with Crippen LogP contribution in [0.25, 0.3) is 0 Å². The average molecular weight is 261 g/mol. The summed E-state index contributed by atoms with van der Waals surface area (Å²) >= 11 is 0. The maximum absolute atomic E-state index is 3.47. The molecule has 0 aromatic heterocycles. The van der Waals surface area contributed by atoms with Crippen molar-refractivity contribution in [3.8, 4) is 11.8 Å². The predicted octanol–water partition coefficient (Wildman–Crippen LogP) is 4.76. The van der Waals surface area contributed by atoms with E-state index in [9.17, 15) is 0 Å². The molecule has 2 aliphatic heterocycles. The van der Waals surface area contributed by atoms with E-state index in [2.05, 4.69) is 23.7 Å². The second-order valence-corrected chi connectivity index (χ2v) is 6.34. The molecule has 0 saturated carbocycles. The standard InChI is InChI=1S/C18H31N/c1-2-3-4-5-6-7-8-9-12-17-13-10-14-18-15-11-16-19(17)18/h17-18H,2-7,10-16H2,1H3/t17-,18-/m1/s1. The van der Waals surface area contributed by atoms with Gasteiger partial charge in [-0.25, -0.2) is 0 Å². The SMILES string of the molecule is CCCCCCCC#CC[C@@H]1CCC[C@@H]2CCCN21. The average Bonchev–Trinajstić information content (AvgIpc) is 2.91. The van der Waals surface area contributed by atoms with Crippen molar-refractivity contribution in [2.45, 2.75) is 96.1 Å². The van der Waals surface area contributed by atoms with Gasteiger partial charge in [-0.3, -0.25) is 4.90 Å². The molecule has 0 radical (unpaired) electrons. The Morgan fingerprint density at radius 3 is 2.68 bits per heavy atom. The first-order valence-electron chi connectivity index (χ1n) is 8.63. The van der Waals surface area contributed by atoms with Crippen LogP contribution < -0.4 is 0 Å². The van der Waals surface area contributed by atoms with Crippen LogP contribution in [0, 0.1) is 11.8 Å². The van der Waals surface area contributed by atoms with E-state index in [1.165, 1.54) is 70.8 Å². The largest absolute Gasteiger partial charge is 0.296 e. The lowest BCUT2D eigenvalue weighted by atomic mass is 9.95. The lowest BCUT2D eigenvalue weighted by molar-refractivity contribution is 0.126. The van der Waals surface area contributed by atoms with Gasteiger partial charge in [0.25, 0.3) is 0 Å². The summed E-state index contributed by atoms with van der Waals surface area (Å²) in [6.07, 6.45) is 16.2. The molecule has 2 heterocycles. The Bertz CT molecular complexity index is 299. The number of hydrogen-bond donors (Lipinski definition) is 0. The van der Waals surface area contributed by atoms with Crippen LogP contribution in [0.3, 0.4) is 0 Å². The third-order valence-corrected chi connectivity index (χ3v) is 4.83. The summed E-state index contributed by atoms with van der Waals surface area (Å²) in [5, 5.41) is 0. The van der Waals surface area contributed by atoms with Crippen molar-refractivity contribution in [1.82, 2.24) is 4.90 Å². The number of rotatable bonds is 6. The van der Waals surface area contributed by atoms with Gasteiger partial charge in [-0.1, -0.05) is 39.0 Å². The highest BCUT2D eigenvalue weighted by atomic mass is 15.2.